The number of hydrogen-bond acceptors (Lipinski definition) is 4. The minimum absolute atomic E-state index is 0.310. The largest absolute Gasteiger partial charge is 0.459 e. The average Bonchev–Trinajstić information content (AvgIpc) is 2.95. The van der Waals surface area contributed by atoms with Crippen molar-refractivity contribution in [2.75, 3.05) is 5.32 Å². The highest BCUT2D eigenvalue weighted by molar-refractivity contribution is 6.03. The monoisotopic (exact) mass is 316 g/mol. The number of carbonyl (C=O) groups excluding carboxylic acids is 1. The molecule has 2 aromatic heterocycles. The topological polar surface area (TPSA) is 81.1 Å². The molecular formula is C19H14N3O2. The molecule has 0 saturated heterocycles. The van der Waals surface area contributed by atoms with E-state index in [2.05, 4.69) is 16.4 Å². The SMILES string of the molecule is Cc1cc2cccc(Nc3nc4ccc[c]c4cc3C(N)=O)c2o1. The number of fused-ring (bicyclic) bond motifs is 2. The molecule has 2 heterocycles. The molecular weight excluding hydrogens is 302 g/mol. The van der Waals surface area contributed by atoms with Gasteiger partial charge in [-0.05, 0) is 37.3 Å². The molecule has 0 bridgehead atoms. The molecule has 117 valence electrons. The lowest BCUT2D eigenvalue weighted by atomic mass is 10.1. The Kier molecular flexibility index (Phi) is 3.20. The van der Waals surface area contributed by atoms with Crippen molar-refractivity contribution >= 4 is 39.3 Å². The molecule has 0 aliphatic rings. The quantitative estimate of drug-likeness (QED) is 0.600. The number of aromatic nitrogens is 1. The van der Waals surface area contributed by atoms with Crippen LogP contribution < -0.4 is 11.1 Å². The number of furan rings is 1. The number of primary amides is 1. The average molecular weight is 316 g/mol. The molecule has 5 nitrogen and oxygen atoms in total. The maximum Gasteiger partial charge on any atom is 0.252 e. The third-order valence-electron chi connectivity index (χ3n) is 3.83. The number of amides is 1. The van der Waals surface area contributed by atoms with Gasteiger partial charge in [0.05, 0.1) is 16.8 Å². The summed E-state index contributed by atoms with van der Waals surface area (Å²) in [7, 11) is 0. The molecule has 5 heteroatoms. The molecule has 0 fully saturated rings. The van der Waals surface area contributed by atoms with Crippen molar-refractivity contribution in [1.29, 1.82) is 0 Å². The van der Waals surface area contributed by atoms with Gasteiger partial charge in [0, 0.05) is 10.8 Å². The summed E-state index contributed by atoms with van der Waals surface area (Å²) < 4.78 is 5.75. The van der Waals surface area contributed by atoms with E-state index in [1.54, 1.807) is 12.1 Å². The van der Waals surface area contributed by atoms with Crippen molar-refractivity contribution < 1.29 is 9.21 Å². The lowest BCUT2D eigenvalue weighted by molar-refractivity contribution is 0.100. The van der Waals surface area contributed by atoms with Crippen LogP contribution in [0.2, 0.25) is 0 Å². The molecule has 0 spiro atoms. The molecule has 0 aliphatic heterocycles. The van der Waals surface area contributed by atoms with Gasteiger partial charge in [-0.2, -0.15) is 0 Å². The highest BCUT2D eigenvalue weighted by Gasteiger charge is 2.14. The van der Waals surface area contributed by atoms with E-state index in [9.17, 15) is 4.79 Å². The fourth-order valence-corrected chi connectivity index (χ4v) is 2.75. The highest BCUT2D eigenvalue weighted by Crippen LogP contribution is 2.30. The Bertz CT molecular complexity index is 1080. The Morgan fingerprint density at radius 2 is 2.12 bits per heavy atom. The van der Waals surface area contributed by atoms with Crippen LogP contribution in [0.5, 0.6) is 0 Å². The van der Waals surface area contributed by atoms with Gasteiger partial charge in [-0.25, -0.2) is 4.98 Å². The number of carbonyl (C=O) groups is 1. The van der Waals surface area contributed by atoms with E-state index in [4.69, 9.17) is 10.2 Å². The van der Waals surface area contributed by atoms with Crippen molar-refractivity contribution in [2.45, 2.75) is 6.92 Å². The molecule has 24 heavy (non-hydrogen) atoms. The maximum atomic E-state index is 11.8. The van der Waals surface area contributed by atoms with E-state index in [0.717, 1.165) is 27.7 Å². The zero-order valence-electron chi connectivity index (χ0n) is 13.0. The standard InChI is InChI=1S/C19H14N3O2/c1-11-9-13-6-4-8-16(17(13)24-11)22-19-14(18(20)23)10-12-5-2-3-7-15(12)21-19/h2-4,6-10H,1H3,(H2,20,23)(H,21,22). The fraction of sp³-hybridized carbons (Fsp3) is 0.0526. The van der Waals surface area contributed by atoms with Gasteiger partial charge >= 0.3 is 0 Å². The molecule has 0 aliphatic carbocycles. The number of nitrogens with one attached hydrogen (secondary N) is 1. The second-order valence-electron chi connectivity index (χ2n) is 5.56. The summed E-state index contributed by atoms with van der Waals surface area (Å²) in [5, 5.41) is 4.90. The second kappa shape index (κ2) is 5.38. The summed E-state index contributed by atoms with van der Waals surface area (Å²) in [6, 6.07) is 17.9. The highest BCUT2D eigenvalue weighted by atomic mass is 16.3. The molecule has 4 aromatic rings. The number of anilines is 2. The summed E-state index contributed by atoms with van der Waals surface area (Å²) in [6.45, 7) is 1.89. The first kappa shape index (κ1) is 14.3. The van der Waals surface area contributed by atoms with Gasteiger partial charge in [0.25, 0.3) is 5.91 Å². The molecule has 1 radical (unpaired) electrons. The van der Waals surface area contributed by atoms with E-state index in [1.165, 1.54) is 0 Å². The predicted octanol–water partition coefficient (Wildman–Crippen LogP) is 3.93. The zero-order valence-corrected chi connectivity index (χ0v) is 13.0. The summed E-state index contributed by atoms with van der Waals surface area (Å²) in [5.74, 6) is 0.665. The number of hydrogen-bond donors (Lipinski definition) is 2. The van der Waals surface area contributed by atoms with Gasteiger partial charge in [-0.3, -0.25) is 4.79 Å². The Labute approximate surface area is 138 Å². The number of pyridine rings is 1. The third-order valence-corrected chi connectivity index (χ3v) is 3.83. The van der Waals surface area contributed by atoms with Crippen LogP contribution >= 0.6 is 0 Å². The van der Waals surface area contributed by atoms with E-state index in [0.29, 0.717) is 17.0 Å². The number of rotatable bonds is 3. The van der Waals surface area contributed by atoms with Crippen LogP contribution in [-0.4, -0.2) is 10.9 Å². The van der Waals surface area contributed by atoms with Crippen LogP contribution in [0.15, 0.2) is 52.9 Å². The Morgan fingerprint density at radius 3 is 2.96 bits per heavy atom. The Hall–Kier alpha value is -3.34. The second-order valence-corrected chi connectivity index (χ2v) is 5.56. The Morgan fingerprint density at radius 1 is 1.25 bits per heavy atom. The molecule has 4 rings (SSSR count). The summed E-state index contributed by atoms with van der Waals surface area (Å²) >= 11 is 0. The van der Waals surface area contributed by atoms with Crippen molar-refractivity contribution in [3.05, 3.63) is 65.9 Å². The van der Waals surface area contributed by atoms with E-state index in [-0.39, 0.29) is 0 Å². The molecule has 0 atom stereocenters. The maximum absolute atomic E-state index is 11.8. The lowest BCUT2D eigenvalue weighted by Crippen LogP contribution is -2.14. The van der Waals surface area contributed by atoms with Crippen LogP contribution in [0.4, 0.5) is 11.5 Å². The summed E-state index contributed by atoms with van der Waals surface area (Å²) in [6.07, 6.45) is 0. The van der Waals surface area contributed by atoms with Gasteiger partial charge in [-0.15, -0.1) is 0 Å². The van der Waals surface area contributed by atoms with Crippen molar-refractivity contribution in [1.82, 2.24) is 4.98 Å². The van der Waals surface area contributed by atoms with Crippen LogP contribution in [-0.2, 0) is 0 Å². The van der Waals surface area contributed by atoms with Gasteiger partial charge < -0.3 is 15.5 Å². The van der Waals surface area contributed by atoms with E-state index >= 15 is 0 Å². The first-order valence-electron chi connectivity index (χ1n) is 7.49. The number of para-hydroxylation sites is 1. The zero-order chi connectivity index (χ0) is 16.7. The molecule has 3 N–H and O–H groups in total. The van der Waals surface area contributed by atoms with Gasteiger partial charge in [0.1, 0.15) is 11.6 Å². The smallest absolute Gasteiger partial charge is 0.252 e. The van der Waals surface area contributed by atoms with Crippen LogP contribution in [0.3, 0.4) is 0 Å². The number of benzene rings is 2. The first-order valence-corrected chi connectivity index (χ1v) is 7.49. The first-order chi connectivity index (χ1) is 11.6. The Balaban J connectivity index is 1.88. The molecule has 1 amide bonds. The minimum atomic E-state index is -0.549. The van der Waals surface area contributed by atoms with E-state index in [1.807, 2.05) is 43.3 Å². The van der Waals surface area contributed by atoms with E-state index < -0.39 is 5.91 Å². The van der Waals surface area contributed by atoms with Crippen molar-refractivity contribution in [3.8, 4) is 0 Å². The number of nitrogens with zero attached hydrogens (tertiary/aromatic N) is 1. The van der Waals surface area contributed by atoms with Gasteiger partial charge in [-0.1, -0.05) is 24.3 Å². The van der Waals surface area contributed by atoms with Crippen molar-refractivity contribution in [3.63, 3.8) is 0 Å². The third kappa shape index (κ3) is 2.36. The number of aryl methyl sites for hydroxylation is 1. The van der Waals surface area contributed by atoms with Crippen LogP contribution in [0.25, 0.3) is 21.9 Å². The van der Waals surface area contributed by atoms with Gasteiger partial charge in [0.15, 0.2) is 5.58 Å². The normalized spacial score (nSPS) is 11.0. The fourth-order valence-electron chi connectivity index (χ4n) is 2.75. The van der Waals surface area contributed by atoms with Crippen LogP contribution in [0.1, 0.15) is 16.1 Å². The molecule has 0 unspecified atom stereocenters. The van der Waals surface area contributed by atoms with Gasteiger partial charge in [0.2, 0.25) is 0 Å². The lowest BCUT2D eigenvalue weighted by Gasteiger charge is -2.11. The predicted molar refractivity (Wildman–Crippen MR) is 93.3 cm³/mol. The summed E-state index contributed by atoms with van der Waals surface area (Å²) in [5.41, 5.74) is 8.01. The van der Waals surface area contributed by atoms with Crippen molar-refractivity contribution in [2.24, 2.45) is 5.73 Å². The molecule has 0 saturated carbocycles. The van der Waals surface area contributed by atoms with Crippen LogP contribution in [0, 0.1) is 13.0 Å². The number of nitrogens with two attached hydrogens (primary N) is 1. The minimum Gasteiger partial charge on any atom is -0.459 e. The summed E-state index contributed by atoms with van der Waals surface area (Å²) in [4.78, 5) is 16.3. The molecule has 2 aromatic carbocycles.